The van der Waals surface area contributed by atoms with E-state index in [9.17, 15) is 0 Å². The Bertz CT molecular complexity index is 689. The Morgan fingerprint density at radius 1 is 0.840 bits per heavy atom. The van der Waals surface area contributed by atoms with E-state index < -0.39 is 5.12 Å². The SMILES string of the molecule is Clc1ccc(SC2(c3ccccc3)OCC3(CCCCC3)OO2)cc1. The van der Waals surface area contributed by atoms with Crippen molar-refractivity contribution in [1.82, 2.24) is 0 Å². The number of halogens is 1. The van der Waals surface area contributed by atoms with Crippen LogP contribution in [0.1, 0.15) is 37.7 Å². The smallest absolute Gasteiger partial charge is 0.280 e. The van der Waals surface area contributed by atoms with E-state index in [2.05, 4.69) is 0 Å². The molecule has 2 aromatic rings. The lowest BCUT2D eigenvalue weighted by molar-refractivity contribution is -0.494. The molecule has 1 atom stereocenters. The molecule has 1 heterocycles. The third kappa shape index (κ3) is 3.74. The highest BCUT2D eigenvalue weighted by Crippen LogP contribution is 2.49. The van der Waals surface area contributed by atoms with Gasteiger partial charge in [-0.25, -0.2) is 4.89 Å². The first kappa shape index (κ1) is 17.4. The third-order valence-electron chi connectivity index (χ3n) is 4.81. The highest BCUT2D eigenvalue weighted by atomic mass is 35.5. The molecule has 3 nitrogen and oxygen atoms in total. The van der Waals surface area contributed by atoms with Crippen molar-refractivity contribution in [2.24, 2.45) is 0 Å². The maximum atomic E-state index is 6.36. The quantitative estimate of drug-likeness (QED) is 0.621. The predicted octanol–water partition coefficient (Wildman–Crippen LogP) is 5.92. The van der Waals surface area contributed by atoms with Gasteiger partial charge < -0.3 is 4.74 Å². The molecule has 0 amide bonds. The molecule has 1 saturated carbocycles. The average Bonchev–Trinajstić information content (AvgIpc) is 2.67. The largest absolute Gasteiger partial charge is 0.332 e. The van der Waals surface area contributed by atoms with E-state index in [1.165, 1.54) is 18.2 Å². The second-order valence-corrected chi connectivity index (χ2v) is 8.33. The summed E-state index contributed by atoms with van der Waals surface area (Å²) >= 11 is 7.50. The van der Waals surface area contributed by atoms with Gasteiger partial charge in [-0.15, -0.1) is 0 Å². The first-order chi connectivity index (χ1) is 12.2. The van der Waals surface area contributed by atoms with Crippen LogP contribution in [0.3, 0.4) is 0 Å². The lowest BCUT2D eigenvalue weighted by Crippen LogP contribution is -2.50. The summed E-state index contributed by atoms with van der Waals surface area (Å²) in [7, 11) is 0. The molecule has 132 valence electrons. The molecule has 1 aliphatic carbocycles. The molecule has 4 rings (SSSR count). The maximum absolute atomic E-state index is 6.36. The number of rotatable bonds is 3. The molecule has 2 aliphatic rings. The van der Waals surface area contributed by atoms with Crippen LogP contribution in [-0.4, -0.2) is 12.2 Å². The summed E-state index contributed by atoms with van der Waals surface area (Å²) in [6, 6.07) is 17.6. The number of benzene rings is 2. The van der Waals surface area contributed by atoms with Crippen LogP contribution < -0.4 is 0 Å². The molecule has 0 radical (unpaired) electrons. The van der Waals surface area contributed by atoms with E-state index in [0.717, 1.165) is 36.1 Å². The summed E-state index contributed by atoms with van der Waals surface area (Å²) in [4.78, 5) is 13.0. The Kier molecular flexibility index (Phi) is 5.07. The van der Waals surface area contributed by atoms with Crippen LogP contribution in [0.4, 0.5) is 0 Å². The Labute approximate surface area is 157 Å². The molecule has 1 unspecified atom stereocenters. The van der Waals surface area contributed by atoms with Crippen molar-refractivity contribution in [3.05, 3.63) is 65.2 Å². The van der Waals surface area contributed by atoms with Gasteiger partial charge in [0, 0.05) is 15.5 Å². The summed E-state index contributed by atoms with van der Waals surface area (Å²) in [6.07, 6.45) is 5.56. The number of thioether (sulfide) groups is 1. The van der Waals surface area contributed by atoms with Gasteiger partial charge >= 0.3 is 0 Å². The zero-order valence-corrected chi connectivity index (χ0v) is 15.5. The first-order valence-electron chi connectivity index (χ1n) is 8.71. The average molecular weight is 377 g/mol. The minimum Gasteiger partial charge on any atom is -0.332 e. The molecule has 0 bridgehead atoms. The van der Waals surface area contributed by atoms with Gasteiger partial charge in [-0.3, -0.25) is 0 Å². The third-order valence-corrected chi connectivity index (χ3v) is 6.26. The highest BCUT2D eigenvalue weighted by molar-refractivity contribution is 8.00. The predicted molar refractivity (Wildman–Crippen MR) is 99.4 cm³/mol. The van der Waals surface area contributed by atoms with Crippen molar-refractivity contribution in [2.45, 2.75) is 47.7 Å². The van der Waals surface area contributed by atoms with Crippen molar-refractivity contribution >= 4 is 23.4 Å². The summed E-state index contributed by atoms with van der Waals surface area (Å²) in [5.74, 6) is 0. The van der Waals surface area contributed by atoms with E-state index in [-0.39, 0.29) is 5.60 Å². The van der Waals surface area contributed by atoms with Crippen LogP contribution in [0, 0.1) is 0 Å². The van der Waals surface area contributed by atoms with Gasteiger partial charge in [0.15, 0.2) is 0 Å². The molecule has 0 aromatic heterocycles. The van der Waals surface area contributed by atoms with Gasteiger partial charge in [0.1, 0.15) is 5.60 Å². The molecular formula is C20H21ClO3S. The normalized spacial score (nSPS) is 25.8. The van der Waals surface area contributed by atoms with Crippen molar-refractivity contribution in [2.75, 3.05) is 6.61 Å². The van der Waals surface area contributed by atoms with Crippen LogP contribution in [-0.2, 0) is 19.6 Å². The lowest BCUT2D eigenvalue weighted by Gasteiger charge is -2.45. The second kappa shape index (κ2) is 7.29. The lowest BCUT2D eigenvalue weighted by atomic mass is 9.85. The minimum absolute atomic E-state index is 0.295. The van der Waals surface area contributed by atoms with Crippen LogP contribution in [0.25, 0.3) is 0 Å². The molecule has 1 aliphatic heterocycles. The van der Waals surface area contributed by atoms with Gasteiger partial charge in [-0.1, -0.05) is 73.0 Å². The zero-order chi connectivity index (χ0) is 17.2. The molecular weight excluding hydrogens is 356 g/mol. The highest BCUT2D eigenvalue weighted by Gasteiger charge is 2.49. The molecule has 5 heteroatoms. The van der Waals surface area contributed by atoms with E-state index in [1.807, 2.05) is 54.6 Å². The van der Waals surface area contributed by atoms with Gasteiger partial charge in [0.05, 0.1) is 6.61 Å². The fourth-order valence-corrected chi connectivity index (χ4v) is 4.53. The Morgan fingerprint density at radius 3 is 2.20 bits per heavy atom. The molecule has 2 fully saturated rings. The molecule has 1 spiro atoms. The van der Waals surface area contributed by atoms with Crippen molar-refractivity contribution < 1.29 is 14.5 Å². The summed E-state index contributed by atoms with van der Waals surface area (Å²) < 4.78 is 6.36. The van der Waals surface area contributed by atoms with Gasteiger partial charge in [-0.05, 0) is 37.1 Å². The molecule has 1 saturated heterocycles. The van der Waals surface area contributed by atoms with Crippen molar-refractivity contribution in [3.8, 4) is 0 Å². The fraction of sp³-hybridized carbons (Fsp3) is 0.400. The van der Waals surface area contributed by atoms with Crippen LogP contribution in [0.5, 0.6) is 0 Å². The first-order valence-corrected chi connectivity index (χ1v) is 9.90. The fourth-order valence-electron chi connectivity index (χ4n) is 3.38. The van der Waals surface area contributed by atoms with Gasteiger partial charge in [0.2, 0.25) is 0 Å². The van der Waals surface area contributed by atoms with Gasteiger partial charge in [0.25, 0.3) is 5.12 Å². The number of hydrogen-bond acceptors (Lipinski definition) is 4. The van der Waals surface area contributed by atoms with Crippen LogP contribution >= 0.6 is 23.4 Å². The Balaban J connectivity index is 1.60. The second-order valence-electron chi connectivity index (χ2n) is 6.68. The Hall–Kier alpha value is -1.04. The zero-order valence-electron chi connectivity index (χ0n) is 13.9. The van der Waals surface area contributed by atoms with E-state index in [4.69, 9.17) is 26.1 Å². The van der Waals surface area contributed by atoms with E-state index >= 15 is 0 Å². The molecule has 0 N–H and O–H groups in total. The number of hydrogen-bond donors (Lipinski definition) is 0. The van der Waals surface area contributed by atoms with Crippen LogP contribution in [0.2, 0.25) is 5.02 Å². The van der Waals surface area contributed by atoms with Crippen LogP contribution in [0.15, 0.2) is 59.5 Å². The van der Waals surface area contributed by atoms with E-state index in [1.54, 1.807) is 0 Å². The summed E-state index contributed by atoms with van der Waals surface area (Å²) in [5, 5.41) is -0.293. The van der Waals surface area contributed by atoms with Crippen molar-refractivity contribution in [1.29, 1.82) is 0 Å². The number of ether oxygens (including phenoxy) is 1. The summed E-state index contributed by atoms with van der Waals surface area (Å²) in [6.45, 7) is 0.544. The monoisotopic (exact) mass is 376 g/mol. The molecule has 2 aromatic carbocycles. The standard InChI is InChI=1S/C20H21ClO3S/c21-17-9-11-18(12-10-17)25-20(16-7-3-1-4-8-16)22-15-19(23-24-20)13-5-2-6-14-19/h1,3-4,7-12H,2,5-6,13-15H2. The van der Waals surface area contributed by atoms with Crippen molar-refractivity contribution in [3.63, 3.8) is 0 Å². The Morgan fingerprint density at radius 2 is 1.56 bits per heavy atom. The topological polar surface area (TPSA) is 27.7 Å². The minimum atomic E-state index is -1.00. The van der Waals surface area contributed by atoms with E-state index in [0.29, 0.717) is 11.6 Å². The summed E-state index contributed by atoms with van der Waals surface area (Å²) in [5.41, 5.74) is 0.637. The van der Waals surface area contributed by atoms with Gasteiger partial charge in [-0.2, -0.15) is 4.89 Å². The molecule has 25 heavy (non-hydrogen) atoms. The maximum Gasteiger partial charge on any atom is 0.280 e.